The van der Waals surface area contributed by atoms with E-state index in [0.29, 0.717) is 6.04 Å². The first-order chi connectivity index (χ1) is 7.30. The van der Waals surface area contributed by atoms with E-state index >= 15 is 0 Å². The average Bonchev–Trinajstić information content (AvgIpc) is 2.66. The van der Waals surface area contributed by atoms with Crippen LogP contribution in [0, 0.1) is 0 Å². The number of nitrogens with one attached hydrogen (secondary N) is 1. The Morgan fingerprint density at radius 3 is 2.87 bits per heavy atom. The summed E-state index contributed by atoms with van der Waals surface area (Å²) in [5, 5.41) is 13.0. The first-order valence-electron chi connectivity index (χ1n) is 5.50. The van der Waals surface area contributed by atoms with Crippen LogP contribution < -0.4 is 5.32 Å². The van der Waals surface area contributed by atoms with Crippen molar-refractivity contribution in [3.05, 3.63) is 5.82 Å². The predicted molar refractivity (Wildman–Crippen MR) is 63.3 cm³/mol. The van der Waals surface area contributed by atoms with Crippen LogP contribution in [0.3, 0.4) is 0 Å². The summed E-state index contributed by atoms with van der Waals surface area (Å²) >= 11 is 1.41. The smallest absolute Gasteiger partial charge is 0.202 e. The van der Waals surface area contributed by atoms with Crippen molar-refractivity contribution < 1.29 is 5.11 Å². The first-order valence-corrected chi connectivity index (χ1v) is 6.27. The average molecular weight is 229 g/mol. The van der Waals surface area contributed by atoms with Crippen LogP contribution in [0.2, 0.25) is 0 Å². The second-order valence-electron chi connectivity index (χ2n) is 3.53. The zero-order valence-corrected chi connectivity index (χ0v) is 10.2. The highest BCUT2D eigenvalue weighted by Crippen LogP contribution is 2.15. The molecule has 0 saturated heterocycles. The van der Waals surface area contributed by atoms with Crippen LogP contribution in [0.1, 0.15) is 38.9 Å². The number of anilines is 1. The molecule has 2 N–H and O–H groups in total. The second kappa shape index (κ2) is 6.74. The number of aromatic nitrogens is 2. The molecule has 1 unspecified atom stereocenters. The number of hydrogen-bond donors (Lipinski definition) is 2. The quantitative estimate of drug-likeness (QED) is 0.751. The Hall–Kier alpha value is -0.680. The predicted octanol–water partition coefficient (Wildman–Crippen LogP) is 2.06. The van der Waals surface area contributed by atoms with Gasteiger partial charge in [-0.2, -0.15) is 4.37 Å². The summed E-state index contributed by atoms with van der Waals surface area (Å²) in [5.41, 5.74) is 0. The van der Waals surface area contributed by atoms with Crippen molar-refractivity contribution in [2.75, 3.05) is 11.9 Å². The van der Waals surface area contributed by atoms with Gasteiger partial charge in [0.05, 0.1) is 0 Å². The highest BCUT2D eigenvalue weighted by Gasteiger charge is 2.08. The molecule has 1 atom stereocenters. The van der Waals surface area contributed by atoms with Crippen LogP contribution in [0.4, 0.5) is 5.13 Å². The molecule has 4 nitrogen and oxygen atoms in total. The molecule has 0 bridgehead atoms. The first kappa shape index (κ1) is 12.4. The molecule has 0 aliphatic carbocycles. The summed E-state index contributed by atoms with van der Waals surface area (Å²) in [7, 11) is 0. The number of hydrogen-bond acceptors (Lipinski definition) is 5. The van der Waals surface area contributed by atoms with Gasteiger partial charge < -0.3 is 10.4 Å². The number of aliphatic hydroxyl groups is 1. The van der Waals surface area contributed by atoms with Crippen molar-refractivity contribution in [3.8, 4) is 0 Å². The topological polar surface area (TPSA) is 58.0 Å². The summed E-state index contributed by atoms with van der Waals surface area (Å²) in [6.07, 6.45) is 3.77. The molecule has 0 radical (unpaired) electrons. The molecule has 0 amide bonds. The highest BCUT2D eigenvalue weighted by atomic mass is 32.1. The Morgan fingerprint density at radius 1 is 1.47 bits per heavy atom. The Kier molecular flexibility index (Phi) is 5.57. The van der Waals surface area contributed by atoms with Gasteiger partial charge in [-0.3, -0.25) is 0 Å². The van der Waals surface area contributed by atoms with Crippen molar-refractivity contribution in [3.63, 3.8) is 0 Å². The van der Waals surface area contributed by atoms with Crippen LogP contribution in [0.25, 0.3) is 0 Å². The molecule has 1 aromatic rings. The van der Waals surface area contributed by atoms with E-state index in [1.807, 2.05) is 0 Å². The molecule has 1 aromatic heterocycles. The lowest BCUT2D eigenvalue weighted by atomic mass is 10.2. The van der Waals surface area contributed by atoms with Gasteiger partial charge in [-0.05, 0) is 19.3 Å². The Bertz CT molecular complexity index is 277. The highest BCUT2D eigenvalue weighted by molar-refractivity contribution is 7.09. The summed E-state index contributed by atoms with van der Waals surface area (Å²) in [4.78, 5) is 4.38. The largest absolute Gasteiger partial charge is 0.396 e. The van der Waals surface area contributed by atoms with Crippen molar-refractivity contribution in [1.29, 1.82) is 0 Å². The number of aryl methyl sites for hydroxylation is 1. The van der Waals surface area contributed by atoms with Gasteiger partial charge in [0.15, 0.2) is 0 Å². The van der Waals surface area contributed by atoms with Gasteiger partial charge in [0, 0.05) is 30.6 Å². The normalized spacial score (nSPS) is 12.7. The zero-order valence-electron chi connectivity index (χ0n) is 9.36. The Morgan fingerprint density at radius 2 is 2.27 bits per heavy atom. The molecule has 86 valence electrons. The number of aliphatic hydroxyl groups excluding tert-OH is 1. The lowest BCUT2D eigenvalue weighted by molar-refractivity contribution is 0.278. The van der Waals surface area contributed by atoms with E-state index in [-0.39, 0.29) is 6.61 Å². The van der Waals surface area contributed by atoms with Crippen molar-refractivity contribution in [1.82, 2.24) is 9.36 Å². The van der Waals surface area contributed by atoms with Gasteiger partial charge in [-0.15, -0.1) is 0 Å². The van der Waals surface area contributed by atoms with E-state index in [2.05, 4.69) is 28.5 Å². The fraction of sp³-hybridized carbons (Fsp3) is 0.800. The maximum Gasteiger partial charge on any atom is 0.202 e. The molecule has 0 spiro atoms. The number of rotatable bonds is 7. The third kappa shape index (κ3) is 4.13. The van der Waals surface area contributed by atoms with Crippen molar-refractivity contribution in [2.24, 2.45) is 0 Å². The lowest BCUT2D eigenvalue weighted by Gasteiger charge is -2.13. The SMILES string of the molecule is CCCc1nsc(NC(CC)CCO)n1. The third-order valence-corrected chi connectivity index (χ3v) is 2.92. The van der Waals surface area contributed by atoms with Crippen LogP contribution in [0.15, 0.2) is 0 Å². The minimum atomic E-state index is 0.214. The Labute approximate surface area is 94.9 Å². The fourth-order valence-electron chi connectivity index (χ4n) is 1.35. The maximum absolute atomic E-state index is 8.86. The van der Waals surface area contributed by atoms with E-state index in [1.54, 1.807) is 0 Å². The molecule has 0 aliphatic heterocycles. The minimum Gasteiger partial charge on any atom is -0.396 e. The van der Waals surface area contributed by atoms with E-state index in [9.17, 15) is 0 Å². The monoisotopic (exact) mass is 229 g/mol. The standard InChI is InChI=1S/C10H19N3OS/c1-3-5-9-12-10(15-13-9)11-8(4-2)6-7-14/h8,14H,3-7H2,1-2H3,(H,11,12,13). The Balaban J connectivity index is 2.47. The number of nitrogens with zero attached hydrogens (tertiary/aromatic N) is 2. The van der Waals surface area contributed by atoms with Gasteiger partial charge in [-0.25, -0.2) is 4.98 Å². The van der Waals surface area contributed by atoms with Crippen LogP contribution in [-0.4, -0.2) is 27.1 Å². The molecule has 5 heteroatoms. The third-order valence-electron chi connectivity index (χ3n) is 2.24. The minimum absolute atomic E-state index is 0.214. The van der Waals surface area contributed by atoms with Crippen LogP contribution in [0.5, 0.6) is 0 Å². The second-order valence-corrected chi connectivity index (χ2v) is 4.28. The van der Waals surface area contributed by atoms with Gasteiger partial charge in [0.1, 0.15) is 5.82 Å². The summed E-state index contributed by atoms with van der Waals surface area (Å²) in [5.74, 6) is 0.920. The van der Waals surface area contributed by atoms with Crippen LogP contribution >= 0.6 is 11.5 Å². The molecule has 0 aliphatic rings. The molecular formula is C10H19N3OS. The van der Waals surface area contributed by atoms with Crippen molar-refractivity contribution >= 4 is 16.7 Å². The lowest BCUT2D eigenvalue weighted by Crippen LogP contribution is -2.19. The van der Waals surface area contributed by atoms with Gasteiger partial charge in [0.25, 0.3) is 0 Å². The molecular weight excluding hydrogens is 210 g/mol. The van der Waals surface area contributed by atoms with E-state index < -0.39 is 0 Å². The van der Waals surface area contributed by atoms with E-state index in [4.69, 9.17) is 5.11 Å². The molecule has 1 heterocycles. The molecule has 0 fully saturated rings. The van der Waals surface area contributed by atoms with E-state index in [0.717, 1.165) is 36.6 Å². The van der Waals surface area contributed by atoms with Crippen LogP contribution in [-0.2, 0) is 6.42 Å². The summed E-state index contributed by atoms with van der Waals surface area (Å²) < 4.78 is 4.26. The maximum atomic E-state index is 8.86. The summed E-state index contributed by atoms with van der Waals surface area (Å²) in [6, 6.07) is 0.303. The van der Waals surface area contributed by atoms with Gasteiger partial charge in [0.2, 0.25) is 5.13 Å². The molecule has 0 aromatic carbocycles. The molecule has 0 saturated carbocycles. The molecule has 1 rings (SSSR count). The zero-order chi connectivity index (χ0) is 11.1. The van der Waals surface area contributed by atoms with Gasteiger partial charge in [-0.1, -0.05) is 13.8 Å². The van der Waals surface area contributed by atoms with Crippen molar-refractivity contribution in [2.45, 2.75) is 45.6 Å². The van der Waals surface area contributed by atoms with Gasteiger partial charge >= 0.3 is 0 Å². The summed E-state index contributed by atoms with van der Waals surface area (Å²) in [6.45, 7) is 4.43. The molecule has 15 heavy (non-hydrogen) atoms. The fourth-order valence-corrected chi connectivity index (χ4v) is 2.04. The van der Waals surface area contributed by atoms with E-state index in [1.165, 1.54) is 11.5 Å².